The van der Waals surface area contributed by atoms with E-state index in [1.54, 1.807) is 0 Å². The predicted octanol–water partition coefficient (Wildman–Crippen LogP) is 1.55. The monoisotopic (exact) mass is 215 g/mol. The number of ether oxygens (including phenoxy) is 1. The Balaban J connectivity index is 2.30. The molecule has 3 atom stereocenters. The maximum Gasteiger partial charge on any atom is 0.0766 e. The zero-order valence-corrected chi connectivity index (χ0v) is 10.4. The minimum atomic E-state index is -0.610. The quantitative estimate of drug-likeness (QED) is 0.747. The summed E-state index contributed by atoms with van der Waals surface area (Å²) in [5.41, 5.74) is -0.610. The van der Waals surface area contributed by atoms with Gasteiger partial charge in [-0.3, -0.25) is 0 Å². The van der Waals surface area contributed by atoms with Crippen molar-refractivity contribution in [2.24, 2.45) is 5.92 Å². The van der Waals surface area contributed by atoms with E-state index in [2.05, 4.69) is 12.2 Å². The minimum absolute atomic E-state index is 0.280. The molecule has 0 bridgehead atoms. The van der Waals surface area contributed by atoms with E-state index < -0.39 is 5.60 Å². The van der Waals surface area contributed by atoms with E-state index in [0.717, 1.165) is 19.4 Å². The van der Waals surface area contributed by atoms with Crippen LogP contribution in [0.25, 0.3) is 0 Å². The molecule has 3 nitrogen and oxygen atoms in total. The number of rotatable bonds is 4. The van der Waals surface area contributed by atoms with Crippen LogP contribution in [0.1, 0.15) is 40.5 Å². The van der Waals surface area contributed by atoms with E-state index in [0.29, 0.717) is 18.7 Å². The smallest absolute Gasteiger partial charge is 0.0766 e. The molecule has 2 N–H and O–H groups in total. The van der Waals surface area contributed by atoms with Gasteiger partial charge in [-0.25, -0.2) is 0 Å². The molecule has 3 heteroatoms. The molecule has 0 saturated carbocycles. The van der Waals surface area contributed by atoms with Crippen molar-refractivity contribution in [1.82, 2.24) is 5.32 Å². The van der Waals surface area contributed by atoms with Gasteiger partial charge in [-0.15, -0.1) is 0 Å². The second-order valence-corrected chi connectivity index (χ2v) is 5.30. The van der Waals surface area contributed by atoms with E-state index in [9.17, 15) is 5.11 Å². The fourth-order valence-corrected chi connectivity index (χ4v) is 1.74. The fraction of sp³-hybridized carbons (Fsp3) is 1.00. The maximum absolute atomic E-state index is 10.1. The van der Waals surface area contributed by atoms with Gasteiger partial charge in [0.1, 0.15) is 0 Å². The molecular formula is C12H25NO2. The molecule has 1 saturated heterocycles. The van der Waals surface area contributed by atoms with Crippen LogP contribution in [0.15, 0.2) is 0 Å². The van der Waals surface area contributed by atoms with Gasteiger partial charge in [0.05, 0.1) is 11.7 Å². The summed E-state index contributed by atoms with van der Waals surface area (Å²) in [5, 5.41) is 13.5. The van der Waals surface area contributed by atoms with E-state index in [-0.39, 0.29) is 5.92 Å². The normalized spacial score (nSPS) is 31.6. The SMILES string of the molecule is CC1CC(NCC(C)(O)C(C)C)CCO1. The summed E-state index contributed by atoms with van der Waals surface area (Å²) in [4.78, 5) is 0. The summed E-state index contributed by atoms with van der Waals surface area (Å²) in [6.45, 7) is 9.61. The van der Waals surface area contributed by atoms with Gasteiger partial charge >= 0.3 is 0 Å². The van der Waals surface area contributed by atoms with Gasteiger partial charge in [-0.05, 0) is 32.6 Å². The molecule has 3 unspecified atom stereocenters. The molecule has 1 fully saturated rings. The van der Waals surface area contributed by atoms with Crippen LogP contribution in [-0.2, 0) is 4.74 Å². The van der Waals surface area contributed by atoms with Crippen molar-refractivity contribution in [3.05, 3.63) is 0 Å². The molecule has 0 amide bonds. The lowest BCUT2D eigenvalue weighted by atomic mass is 9.92. The summed E-state index contributed by atoms with van der Waals surface area (Å²) < 4.78 is 5.48. The Morgan fingerprint density at radius 3 is 2.73 bits per heavy atom. The zero-order chi connectivity index (χ0) is 11.5. The van der Waals surface area contributed by atoms with Gasteiger partial charge in [0.25, 0.3) is 0 Å². The van der Waals surface area contributed by atoms with E-state index in [1.165, 1.54) is 0 Å². The van der Waals surface area contributed by atoms with Crippen LogP contribution < -0.4 is 5.32 Å². The first-order valence-electron chi connectivity index (χ1n) is 5.99. The van der Waals surface area contributed by atoms with Crippen LogP contribution in [0.4, 0.5) is 0 Å². The van der Waals surface area contributed by atoms with Crippen molar-refractivity contribution in [2.75, 3.05) is 13.2 Å². The largest absolute Gasteiger partial charge is 0.389 e. The number of nitrogens with one attached hydrogen (secondary N) is 1. The van der Waals surface area contributed by atoms with Crippen molar-refractivity contribution < 1.29 is 9.84 Å². The van der Waals surface area contributed by atoms with Crippen molar-refractivity contribution in [3.63, 3.8) is 0 Å². The predicted molar refractivity (Wildman–Crippen MR) is 61.9 cm³/mol. The summed E-state index contributed by atoms with van der Waals surface area (Å²) in [6, 6.07) is 0.499. The molecule has 90 valence electrons. The minimum Gasteiger partial charge on any atom is -0.389 e. The summed E-state index contributed by atoms with van der Waals surface area (Å²) >= 11 is 0. The van der Waals surface area contributed by atoms with Crippen LogP contribution in [0.5, 0.6) is 0 Å². The molecule has 0 radical (unpaired) electrons. The van der Waals surface area contributed by atoms with Crippen molar-refractivity contribution >= 4 is 0 Å². The lowest BCUT2D eigenvalue weighted by Crippen LogP contribution is -2.48. The van der Waals surface area contributed by atoms with Crippen LogP contribution in [0, 0.1) is 5.92 Å². The Hall–Kier alpha value is -0.120. The Bertz CT molecular complexity index is 192. The number of aliphatic hydroxyl groups is 1. The van der Waals surface area contributed by atoms with Crippen LogP contribution in [0.3, 0.4) is 0 Å². The lowest BCUT2D eigenvalue weighted by Gasteiger charge is -2.33. The van der Waals surface area contributed by atoms with Crippen molar-refractivity contribution in [3.8, 4) is 0 Å². The molecule has 15 heavy (non-hydrogen) atoms. The third-order valence-corrected chi connectivity index (χ3v) is 3.48. The highest BCUT2D eigenvalue weighted by molar-refractivity contribution is 4.83. The summed E-state index contributed by atoms with van der Waals surface area (Å²) in [5.74, 6) is 0.280. The Labute approximate surface area is 93.2 Å². The molecule has 1 heterocycles. The molecule has 1 aliphatic heterocycles. The fourth-order valence-electron chi connectivity index (χ4n) is 1.74. The first-order valence-corrected chi connectivity index (χ1v) is 5.99. The highest BCUT2D eigenvalue weighted by Crippen LogP contribution is 2.17. The molecule has 1 rings (SSSR count). The van der Waals surface area contributed by atoms with Crippen molar-refractivity contribution in [2.45, 2.75) is 58.3 Å². The Morgan fingerprint density at radius 2 is 2.20 bits per heavy atom. The van der Waals surface area contributed by atoms with Gasteiger partial charge in [0.15, 0.2) is 0 Å². The van der Waals surface area contributed by atoms with E-state index in [4.69, 9.17) is 4.74 Å². The highest BCUT2D eigenvalue weighted by Gasteiger charge is 2.27. The highest BCUT2D eigenvalue weighted by atomic mass is 16.5. The average molecular weight is 215 g/mol. The topological polar surface area (TPSA) is 41.5 Å². The van der Waals surface area contributed by atoms with Crippen molar-refractivity contribution in [1.29, 1.82) is 0 Å². The van der Waals surface area contributed by atoms with Crippen LogP contribution in [0.2, 0.25) is 0 Å². The summed E-state index contributed by atoms with van der Waals surface area (Å²) in [7, 11) is 0. The molecule has 0 aromatic rings. The van der Waals surface area contributed by atoms with Gasteiger partial charge in [-0.2, -0.15) is 0 Å². The second-order valence-electron chi connectivity index (χ2n) is 5.30. The lowest BCUT2D eigenvalue weighted by molar-refractivity contribution is -0.00972. The third kappa shape index (κ3) is 4.09. The standard InChI is InChI=1S/C12H25NO2/c1-9(2)12(4,14)8-13-11-5-6-15-10(3)7-11/h9-11,13-14H,5-8H2,1-4H3. The van der Waals surface area contributed by atoms with Crippen LogP contribution in [-0.4, -0.2) is 36.0 Å². The first kappa shape index (κ1) is 12.9. The zero-order valence-electron chi connectivity index (χ0n) is 10.4. The molecule has 0 aromatic heterocycles. The maximum atomic E-state index is 10.1. The molecule has 0 aromatic carbocycles. The Kier molecular flexibility index (Phi) is 4.56. The number of hydrogen-bond acceptors (Lipinski definition) is 3. The molecule has 0 aliphatic carbocycles. The first-order chi connectivity index (χ1) is 6.92. The number of hydrogen-bond donors (Lipinski definition) is 2. The van der Waals surface area contributed by atoms with Gasteiger partial charge in [0, 0.05) is 19.2 Å². The molecule has 0 spiro atoms. The van der Waals surface area contributed by atoms with Gasteiger partial charge in [-0.1, -0.05) is 13.8 Å². The van der Waals surface area contributed by atoms with E-state index >= 15 is 0 Å². The Morgan fingerprint density at radius 1 is 1.53 bits per heavy atom. The van der Waals surface area contributed by atoms with Gasteiger partial charge < -0.3 is 15.2 Å². The second kappa shape index (κ2) is 5.28. The van der Waals surface area contributed by atoms with Crippen LogP contribution >= 0.6 is 0 Å². The average Bonchev–Trinajstić information content (AvgIpc) is 2.15. The summed E-state index contributed by atoms with van der Waals surface area (Å²) in [6.07, 6.45) is 2.45. The third-order valence-electron chi connectivity index (χ3n) is 3.48. The van der Waals surface area contributed by atoms with Gasteiger partial charge in [0.2, 0.25) is 0 Å². The molecular weight excluding hydrogens is 190 g/mol. The van der Waals surface area contributed by atoms with E-state index in [1.807, 2.05) is 20.8 Å². The molecule has 1 aliphatic rings.